The molecule has 1 saturated heterocycles. The van der Waals surface area contributed by atoms with E-state index in [0.717, 1.165) is 22.5 Å². The first kappa shape index (κ1) is 17.2. The molecular formula is C19H21N5S2. The molecule has 3 aromatic rings. The summed E-state index contributed by atoms with van der Waals surface area (Å²) in [5.41, 5.74) is 4.66. The van der Waals surface area contributed by atoms with Gasteiger partial charge in [-0.25, -0.2) is 4.98 Å². The summed E-state index contributed by atoms with van der Waals surface area (Å²) in [5, 5.41) is 7.27. The highest BCUT2D eigenvalue weighted by molar-refractivity contribution is 7.80. The van der Waals surface area contributed by atoms with Crippen LogP contribution in [-0.2, 0) is 0 Å². The van der Waals surface area contributed by atoms with Crippen LogP contribution >= 0.6 is 23.6 Å². The lowest BCUT2D eigenvalue weighted by molar-refractivity contribution is 0.329. The maximum Gasteiger partial charge on any atom is 0.193 e. The molecule has 26 heavy (non-hydrogen) atoms. The van der Waals surface area contributed by atoms with Crippen molar-refractivity contribution in [2.24, 2.45) is 0 Å². The Labute approximate surface area is 162 Å². The summed E-state index contributed by atoms with van der Waals surface area (Å²) in [6.07, 6.45) is 3.68. The van der Waals surface area contributed by atoms with Gasteiger partial charge in [0.1, 0.15) is 0 Å². The predicted octanol–water partition coefficient (Wildman–Crippen LogP) is 3.94. The number of hydrogen-bond acceptors (Lipinski definition) is 4. The van der Waals surface area contributed by atoms with E-state index in [1.165, 1.54) is 17.0 Å². The van der Waals surface area contributed by atoms with Crippen molar-refractivity contribution in [2.45, 2.75) is 32.9 Å². The van der Waals surface area contributed by atoms with Gasteiger partial charge in [0, 0.05) is 35.7 Å². The number of likely N-dealkylation sites (N-methyl/N-ethyl adjacent to an activating group) is 1. The Morgan fingerprint density at radius 2 is 2.08 bits per heavy atom. The van der Waals surface area contributed by atoms with E-state index in [1.54, 1.807) is 11.3 Å². The van der Waals surface area contributed by atoms with Crippen molar-refractivity contribution < 1.29 is 0 Å². The largest absolute Gasteiger partial charge is 0.352 e. The molecule has 0 amide bonds. The number of nitrogens with zero attached hydrogens (tertiary/aromatic N) is 4. The van der Waals surface area contributed by atoms with Crippen LogP contribution in [0.4, 0.5) is 0 Å². The normalized spacial score (nSPS) is 19.8. The topological polar surface area (TPSA) is 46.0 Å². The maximum atomic E-state index is 5.63. The Morgan fingerprint density at radius 1 is 1.23 bits per heavy atom. The minimum Gasteiger partial charge on any atom is -0.352 e. The van der Waals surface area contributed by atoms with Crippen molar-refractivity contribution in [3.8, 4) is 5.13 Å². The molecule has 0 saturated carbocycles. The second kappa shape index (κ2) is 6.81. The molecule has 0 radical (unpaired) electrons. The molecule has 0 unspecified atom stereocenters. The summed E-state index contributed by atoms with van der Waals surface area (Å²) < 4.78 is 2.23. The third kappa shape index (κ3) is 2.71. The van der Waals surface area contributed by atoms with Crippen LogP contribution in [0.3, 0.4) is 0 Å². The molecule has 4 rings (SSSR count). The summed E-state index contributed by atoms with van der Waals surface area (Å²) >= 11 is 7.28. The Bertz CT molecular complexity index is 917. The van der Waals surface area contributed by atoms with Gasteiger partial charge in [-0.3, -0.25) is 9.55 Å². The van der Waals surface area contributed by atoms with E-state index in [2.05, 4.69) is 57.7 Å². The Morgan fingerprint density at radius 3 is 2.73 bits per heavy atom. The molecule has 0 spiro atoms. The minimum absolute atomic E-state index is 0.0360. The third-order valence-electron chi connectivity index (χ3n) is 4.94. The number of nitrogens with one attached hydrogen (secondary N) is 1. The van der Waals surface area contributed by atoms with Gasteiger partial charge in [-0.05, 0) is 56.8 Å². The van der Waals surface area contributed by atoms with Crippen LogP contribution < -0.4 is 5.32 Å². The molecule has 0 bridgehead atoms. The van der Waals surface area contributed by atoms with Gasteiger partial charge in [-0.2, -0.15) is 0 Å². The van der Waals surface area contributed by atoms with Crippen molar-refractivity contribution >= 4 is 28.7 Å². The highest BCUT2D eigenvalue weighted by atomic mass is 32.1. The highest BCUT2D eigenvalue weighted by Crippen LogP contribution is 2.41. The zero-order valence-corrected chi connectivity index (χ0v) is 16.6. The maximum absolute atomic E-state index is 5.63. The highest BCUT2D eigenvalue weighted by Gasteiger charge is 2.40. The Kier molecular flexibility index (Phi) is 4.50. The van der Waals surface area contributed by atoms with Gasteiger partial charge >= 0.3 is 0 Å². The van der Waals surface area contributed by atoms with E-state index < -0.39 is 0 Å². The molecule has 1 fully saturated rings. The van der Waals surface area contributed by atoms with Crippen LogP contribution in [0.2, 0.25) is 0 Å². The molecule has 1 N–H and O–H groups in total. The Hall–Kier alpha value is -2.25. The standard InChI is InChI=1S/C19H21N5S2/c1-4-23-17(16(22-18(23)25)15-7-5-6-8-20-15)14-11-12(2)24(13(14)3)19-21-9-10-26-19/h5-11,16-17H,4H2,1-3H3,(H,22,25)/t16-,17+/m1/s1. The van der Waals surface area contributed by atoms with E-state index >= 15 is 0 Å². The zero-order chi connectivity index (χ0) is 18.3. The number of pyridine rings is 1. The fraction of sp³-hybridized carbons (Fsp3) is 0.316. The molecular weight excluding hydrogens is 362 g/mol. The lowest BCUT2D eigenvalue weighted by Gasteiger charge is -2.26. The summed E-state index contributed by atoms with van der Waals surface area (Å²) in [7, 11) is 0. The van der Waals surface area contributed by atoms with Crippen molar-refractivity contribution in [1.82, 2.24) is 24.8 Å². The quantitative estimate of drug-likeness (QED) is 0.692. The number of aryl methyl sites for hydroxylation is 1. The van der Waals surface area contributed by atoms with E-state index in [-0.39, 0.29) is 12.1 Å². The number of aromatic nitrogens is 3. The second-order valence-electron chi connectivity index (χ2n) is 6.39. The van der Waals surface area contributed by atoms with Crippen LogP contribution in [0, 0.1) is 13.8 Å². The molecule has 3 aromatic heterocycles. The first-order valence-electron chi connectivity index (χ1n) is 8.68. The fourth-order valence-electron chi connectivity index (χ4n) is 3.79. The molecule has 0 aliphatic carbocycles. The number of rotatable bonds is 4. The monoisotopic (exact) mass is 383 g/mol. The molecule has 0 aromatic carbocycles. The first-order chi connectivity index (χ1) is 12.6. The van der Waals surface area contributed by atoms with E-state index in [0.29, 0.717) is 0 Å². The van der Waals surface area contributed by atoms with E-state index in [9.17, 15) is 0 Å². The molecule has 2 atom stereocenters. The van der Waals surface area contributed by atoms with Crippen LogP contribution in [0.25, 0.3) is 5.13 Å². The van der Waals surface area contributed by atoms with Gasteiger partial charge in [-0.1, -0.05) is 6.07 Å². The second-order valence-corrected chi connectivity index (χ2v) is 7.65. The summed E-state index contributed by atoms with van der Waals surface area (Å²) in [6, 6.07) is 8.44. The van der Waals surface area contributed by atoms with Crippen molar-refractivity contribution in [3.05, 3.63) is 64.7 Å². The van der Waals surface area contributed by atoms with Crippen LogP contribution in [-0.4, -0.2) is 31.1 Å². The molecule has 5 nitrogen and oxygen atoms in total. The minimum atomic E-state index is 0.0360. The van der Waals surface area contributed by atoms with Gasteiger partial charge in [0.25, 0.3) is 0 Å². The Balaban J connectivity index is 1.83. The smallest absolute Gasteiger partial charge is 0.193 e. The molecule has 4 heterocycles. The van der Waals surface area contributed by atoms with Crippen LogP contribution in [0.1, 0.15) is 41.7 Å². The van der Waals surface area contributed by atoms with Gasteiger partial charge in [-0.15, -0.1) is 11.3 Å². The zero-order valence-electron chi connectivity index (χ0n) is 15.0. The average molecular weight is 384 g/mol. The van der Waals surface area contributed by atoms with Crippen LogP contribution in [0.5, 0.6) is 0 Å². The van der Waals surface area contributed by atoms with Crippen molar-refractivity contribution in [3.63, 3.8) is 0 Å². The van der Waals surface area contributed by atoms with Gasteiger partial charge < -0.3 is 10.2 Å². The molecule has 134 valence electrons. The summed E-state index contributed by atoms with van der Waals surface area (Å²) in [6.45, 7) is 7.28. The predicted molar refractivity (Wildman–Crippen MR) is 109 cm³/mol. The SMILES string of the molecule is CCN1C(=S)N[C@H](c2ccccn2)[C@@H]1c1cc(C)n(-c2nccs2)c1C. The third-order valence-corrected chi connectivity index (χ3v) is 6.05. The van der Waals surface area contributed by atoms with Gasteiger partial charge in [0.2, 0.25) is 0 Å². The molecule has 1 aliphatic heterocycles. The number of thiocarbonyl (C=S) groups is 1. The first-order valence-corrected chi connectivity index (χ1v) is 9.97. The lowest BCUT2D eigenvalue weighted by Crippen LogP contribution is -2.29. The van der Waals surface area contributed by atoms with Crippen LogP contribution in [0.15, 0.2) is 42.0 Å². The summed E-state index contributed by atoms with van der Waals surface area (Å²) in [4.78, 5) is 11.3. The van der Waals surface area contributed by atoms with E-state index in [1.807, 2.05) is 29.9 Å². The van der Waals surface area contributed by atoms with E-state index in [4.69, 9.17) is 12.2 Å². The number of thiazole rings is 1. The molecule has 1 aliphatic rings. The molecule has 7 heteroatoms. The summed E-state index contributed by atoms with van der Waals surface area (Å²) in [5.74, 6) is 0. The lowest BCUT2D eigenvalue weighted by atomic mass is 9.97. The van der Waals surface area contributed by atoms with Crippen molar-refractivity contribution in [2.75, 3.05) is 6.54 Å². The fourth-order valence-corrected chi connectivity index (χ4v) is 4.91. The van der Waals surface area contributed by atoms with Gasteiger partial charge in [0.15, 0.2) is 10.2 Å². The number of hydrogen-bond donors (Lipinski definition) is 1. The van der Waals surface area contributed by atoms with Gasteiger partial charge in [0.05, 0.1) is 17.8 Å². The average Bonchev–Trinajstić information content (AvgIpc) is 3.34. The van der Waals surface area contributed by atoms with Crippen molar-refractivity contribution in [1.29, 1.82) is 0 Å².